The van der Waals surface area contributed by atoms with Gasteiger partial charge < -0.3 is 19.5 Å². The highest BCUT2D eigenvalue weighted by molar-refractivity contribution is 5.84. The predicted molar refractivity (Wildman–Crippen MR) is 131 cm³/mol. The number of alkyl carbamates (subject to hydrolysis) is 1. The maximum absolute atomic E-state index is 14.9. The van der Waals surface area contributed by atoms with Crippen molar-refractivity contribution in [1.29, 1.82) is 0 Å². The summed E-state index contributed by atoms with van der Waals surface area (Å²) in [6.45, 7) is 13.4. The lowest BCUT2D eigenvalue weighted by atomic mass is 9.91. The summed E-state index contributed by atoms with van der Waals surface area (Å²) in [6.07, 6.45) is 0.685. The van der Waals surface area contributed by atoms with Crippen LogP contribution in [0.25, 0.3) is 11.3 Å². The number of rotatable bonds is 8. The van der Waals surface area contributed by atoms with E-state index >= 15 is 0 Å². The third kappa shape index (κ3) is 8.38. The smallest absolute Gasteiger partial charge is 0.412 e. The Morgan fingerprint density at radius 1 is 1.11 bits per heavy atom. The van der Waals surface area contributed by atoms with Gasteiger partial charge in [-0.15, -0.1) is 0 Å². The number of carbonyl (C=O) groups excluding carboxylic acids is 2. The number of hydrogen-bond acceptors (Lipinski definition) is 7. The lowest BCUT2D eigenvalue weighted by molar-refractivity contribution is 0.0407. The largest absolute Gasteiger partial charge is 0.489 e. The van der Waals surface area contributed by atoms with Crippen LogP contribution in [-0.4, -0.2) is 47.0 Å². The average molecular weight is 491 g/mol. The molecule has 2 aromatic rings. The topological polar surface area (TPSA) is 112 Å². The molecule has 0 saturated carbocycles. The molecule has 0 radical (unpaired) electrons. The molecule has 9 nitrogen and oxygen atoms in total. The maximum Gasteiger partial charge on any atom is 0.412 e. The summed E-state index contributed by atoms with van der Waals surface area (Å²) in [4.78, 5) is 32.1. The van der Waals surface area contributed by atoms with E-state index in [1.54, 1.807) is 39.8 Å². The van der Waals surface area contributed by atoms with E-state index in [4.69, 9.17) is 9.47 Å². The Morgan fingerprint density at radius 2 is 1.80 bits per heavy atom. The molecule has 0 spiro atoms. The molecule has 2 N–H and O–H groups in total. The molecule has 2 heterocycles. The molecule has 0 saturated heterocycles. The Balaban J connectivity index is 2.21. The van der Waals surface area contributed by atoms with Crippen molar-refractivity contribution in [2.75, 3.05) is 19.0 Å². The third-order valence-electron chi connectivity index (χ3n) is 4.82. The zero-order chi connectivity index (χ0) is 26.4. The fourth-order valence-electron chi connectivity index (χ4n) is 3.56. The number of anilines is 1. The number of nitrogens with one attached hydrogen (secondary N) is 2. The normalized spacial score (nSPS) is 13.1. The van der Waals surface area contributed by atoms with Gasteiger partial charge in [-0.1, -0.05) is 13.8 Å². The van der Waals surface area contributed by atoms with Crippen molar-refractivity contribution in [3.05, 3.63) is 35.9 Å². The van der Waals surface area contributed by atoms with E-state index in [0.29, 0.717) is 29.5 Å². The van der Waals surface area contributed by atoms with Crippen LogP contribution in [0.3, 0.4) is 0 Å². The number of ether oxygens (including phenoxy) is 3. The highest BCUT2D eigenvalue weighted by Crippen LogP contribution is 2.28. The summed E-state index contributed by atoms with van der Waals surface area (Å²) >= 11 is 0. The molecular formula is C25H35FN4O5. The quantitative estimate of drug-likeness (QED) is 0.504. The third-order valence-corrected chi connectivity index (χ3v) is 4.82. The van der Waals surface area contributed by atoms with Gasteiger partial charge >= 0.3 is 12.2 Å². The number of nitrogens with zero attached hydrogens (tertiary/aromatic N) is 2. The Hall–Kier alpha value is -3.43. The first-order valence-electron chi connectivity index (χ1n) is 11.3. The molecule has 0 bridgehead atoms. The number of pyridine rings is 2. The summed E-state index contributed by atoms with van der Waals surface area (Å²) in [5.41, 5.74) is -0.260. The van der Waals surface area contributed by atoms with Crippen molar-refractivity contribution >= 4 is 18.0 Å². The van der Waals surface area contributed by atoms with Gasteiger partial charge in [0.25, 0.3) is 0 Å². The van der Waals surface area contributed by atoms with Gasteiger partial charge in [0.2, 0.25) is 0 Å². The summed E-state index contributed by atoms with van der Waals surface area (Å²) in [7, 11) is 1.18. The number of aryl methyl sites for hydroxylation is 1. The minimum absolute atomic E-state index is 0.164. The van der Waals surface area contributed by atoms with Gasteiger partial charge in [-0.05, 0) is 65.2 Å². The summed E-state index contributed by atoms with van der Waals surface area (Å²) < 4.78 is 30.8. The molecule has 2 rings (SSSR count). The van der Waals surface area contributed by atoms with Crippen LogP contribution < -0.4 is 15.4 Å². The number of amides is 2. The molecule has 35 heavy (non-hydrogen) atoms. The van der Waals surface area contributed by atoms with Crippen LogP contribution in [0.2, 0.25) is 0 Å². The van der Waals surface area contributed by atoms with Crippen LogP contribution in [0.1, 0.15) is 53.7 Å². The molecule has 0 aliphatic carbocycles. The van der Waals surface area contributed by atoms with Gasteiger partial charge in [-0.3, -0.25) is 5.32 Å². The maximum atomic E-state index is 14.9. The van der Waals surface area contributed by atoms with Crippen molar-refractivity contribution in [2.45, 2.75) is 66.0 Å². The zero-order valence-electron chi connectivity index (χ0n) is 21.6. The lowest BCUT2D eigenvalue weighted by Gasteiger charge is -2.33. The van der Waals surface area contributed by atoms with Crippen molar-refractivity contribution in [3.63, 3.8) is 0 Å². The van der Waals surface area contributed by atoms with Crippen molar-refractivity contribution in [2.24, 2.45) is 5.92 Å². The van der Waals surface area contributed by atoms with E-state index in [9.17, 15) is 14.0 Å². The fourth-order valence-corrected chi connectivity index (χ4v) is 3.56. The van der Waals surface area contributed by atoms with Crippen LogP contribution in [0.15, 0.2) is 24.4 Å². The molecule has 2 aromatic heterocycles. The van der Waals surface area contributed by atoms with E-state index in [1.807, 2.05) is 6.92 Å². The summed E-state index contributed by atoms with van der Waals surface area (Å²) in [5.74, 6) is -0.198. The highest BCUT2D eigenvalue weighted by atomic mass is 19.1. The van der Waals surface area contributed by atoms with Crippen molar-refractivity contribution < 1.29 is 28.2 Å². The molecule has 1 atom stereocenters. The number of methoxy groups -OCH3 is 1. The van der Waals surface area contributed by atoms with Crippen LogP contribution in [-0.2, 0) is 9.47 Å². The molecule has 2 amide bonds. The number of aromatic nitrogens is 2. The van der Waals surface area contributed by atoms with Gasteiger partial charge in [0.1, 0.15) is 18.0 Å². The zero-order valence-corrected chi connectivity index (χ0v) is 21.6. The Bertz CT molecular complexity index is 1050. The van der Waals surface area contributed by atoms with E-state index in [0.717, 1.165) is 0 Å². The first kappa shape index (κ1) is 27.8. The van der Waals surface area contributed by atoms with Gasteiger partial charge in [-0.2, -0.15) is 0 Å². The molecule has 0 aliphatic heterocycles. The molecule has 10 heteroatoms. The lowest BCUT2D eigenvalue weighted by Crippen LogP contribution is -2.52. The van der Waals surface area contributed by atoms with E-state index in [1.165, 1.54) is 19.4 Å². The second kappa shape index (κ2) is 11.3. The first-order valence-corrected chi connectivity index (χ1v) is 11.3. The Morgan fingerprint density at radius 3 is 2.37 bits per heavy atom. The molecule has 192 valence electrons. The monoisotopic (exact) mass is 490 g/mol. The average Bonchev–Trinajstić information content (AvgIpc) is 2.72. The van der Waals surface area contributed by atoms with Gasteiger partial charge in [0, 0.05) is 11.8 Å². The number of hydrogen-bond donors (Lipinski definition) is 2. The fraction of sp³-hybridized carbons (Fsp3) is 0.520. The first-order chi connectivity index (χ1) is 16.2. The van der Waals surface area contributed by atoms with E-state index < -0.39 is 29.1 Å². The van der Waals surface area contributed by atoms with Crippen molar-refractivity contribution in [1.82, 2.24) is 15.3 Å². The molecular weight excluding hydrogens is 455 g/mol. The van der Waals surface area contributed by atoms with Gasteiger partial charge in [0.15, 0.2) is 11.6 Å². The second-order valence-corrected chi connectivity index (χ2v) is 9.99. The van der Waals surface area contributed by atoms with Crippen LogP contribution in [0.5, 0.6) is 5.75 Å². The Labute approximate surface area is 205 Å². The molecule has 0 aliphatic rings. The predicted octanol–water partition coefficient (Wildman–Crippen LogP) is 5.48. The number of carbonyl (C=O) groups is 2. The van der Waals surface area contributed by atoms with Gasteiger partial charge in [0.05, 0.1) is 24.0 Å². The minimum Gasteiger partial charge on any atom is -0.489 e. The van der Waals surface area contributed by atoms with E-state index in [2.05, 4.69) is 39.2 Å². The molecule has 1 unspecified atom stereocenters. The standard InChI is InChI=1S/C25H35FN4O5/c1-15(2)13-25(7,30-23(32)35-24(4,5)6)14-34-19-10-9-18(28-16(19)3)17-11-12-27-21(20(17)26)29-22(31)33-8/h9-12,15H,13-14H2,1-8H3,(H,30,32)(H,27,29,31). The minimum atomic E-state index is -0.828. The second-order valence-electron chi connectivity index (χ2n) is 9.99. The van der Waals surface area contributed by atoms with E-state index in [-0.39, 0.29) is 18.0 Å². The van der Waals surface area contributed by atoms with Crippen LogP contribution in [0, 0.1) is 18.7 Å². The molecule has 0 aromatic carbocycles. The summed E-state index contributed by atoms with van der Waals surface area (Å²) in [6, 6.07) is 4.77. The van der Waals surface area contributed by atoms with Crippen LogP contribution >= 0.6 is 0 Å². The molecule has 0 fully saturated rings. The van der Waals surface area contributed by atoms with Crippen molar-refractivity contribution in [3.8, 4) is 17.0 Å². The van der Waals surface area contributed by atoms with Gasteiger partial charge in [-0.25, -0.2) is 23.9 Å². The Kier molecular flexibility index (Phi) is 9.00. The highest BCUT2D eigenvalue weighted by Gasteiger charge is 2.31. The SMILES string of the molecule is COC(=O)Nc1nccc(-c2ccc(OCC(C)(CC(C)C)NC(=O)OC(C)(C)C)c(C)n2)c1F. The number of halogens is 1. The summed E-state index contributed by atoms with van der Waals surface area (Å²) in [5, 5.41) is 5.17. The van der Waals surface area contributed by atoms with Crippen LogP contribution in [0.4, 0.5) is 19.8 Å².